The van der Waals surface area contributed by atoms with Gasteiger partial charge < -0.3 is 5.32 Å². The highest BCUT2D eigenvalue weighted by molar-refractivity contribution is 6.00. The van der Waals surface area contributed by atoms with Crippen LogP contribution in [0.1, 0.15) is 66.4 Å². The van der Waals surface area contributed by atoms with Gasteiger partial charge in [-0.1, -0.05) is 13.0 Å². The van der Waals surface area contributed by atoms with Crippen LogP contribution in [0.15, 0.2) is 42.5 Å². The molecule has 0 aliphatic heterocycles. The van der Waals surface area contributed by atoms with E-state index in [0.717, 1.165) is 37.8 Å². The molecule has 0 amide bonds. The highest BCUT2D eigenvalue weighted by atomic mass is 35.5. The third-order valence-electron chi connectivity index (χ3n) is 6.02. The van der Waals surface area contributed by atoms with Crippen molar-refractivity contribution in [2.24, 2.45) is 5.92 Å². The second kappa shape index (κ2) is 10.8. The second-order valence-corrected chi connectivity index (χ2v) is 7.96. The number of hydrogen-bond donors (Lipinski definition) is 1. The van der Waals surface area contributed by atoms with Gasteiger partial charge in [0.05, 0.1) is 6.04 Å². The number of benzene rings is 2. The number of aryl methyl sites for hydroxylation is 1. The molecule has 1 N–H and O–H groups in total. The Morgan fingerprint density at radius 1 is 1.03 bits per heavy atom. The van der Waals surface area contributed by atoms with Crippen LogP contribution in [0, 0.1) is 24.5 Å². The largest absolute Gasteiger partial charge is 0.307 e. The number of halogens is 3. The van der Waals surface area contributed by atoms with Crippen molar-refractivity contribution in [2.75, 3.05) is 6.54 Å². The van der Waals surface area contributed by atoms with Crippen LogP contribution in [0.5, 0.6) is 0 Å². The van der Waals surface area contributed by atoms with Crippen LogP contribution in [-0.2, 0) is 0 Å². The van der Waals surface area contributed by atoms with Crippen molar-refractivity contribution in [2.45, 2.75) is 57.9 Å². The van der Waals surface area contributed by atoms with E-state index in [4.69, 9.17) is 0 Å². The minimum atomic E-state index is -0.328. The van der Waals surface area contributed by atoms with E-state index < -0.39 is 0 Å². The molecule has 0 heterocycles. The third-order valence-corrected chi connectivity index (χ3v) is 6.02. The molecule has 5 heteroatoms. The standard InChI is InChI=1S/C24H29F2NO.ClH/c1-3-23(24(28)19-8-10-20(25)11-9-19)27-15-17-4-6-18(7-5-17)22-13-12-21(26)14-16(22)2;/h8-14,17-18,23,27H,3-7,15H2,1-2H3;1H. The molecule has 2 aromatic rings. The van der Waals surface area contributed by atoms with Crippen molar-refractivity contribution >= 4 is 18.2 Å². The predicted octanol–water partition coefficient (Wildman–Crippen LogP) is 6.22. The van der Waals surface area contributed by atoms with Crippen LogP contribution in [0.25, 0.3) is 0 Å². The number of carbonyl (C=O) groups is 1. The molecule has 1 fully saturated rings. The van der Waals surface area contributed by atoms with Crippen LogP contribution >= 0.6 is 12.4 Å². The predicted molar refractivity (Wildman–Crippen MR) is 116 cm³/mol. The van der Waals surface area contributed by atoms with Gasteiger partial charge in [-0.05, 0) is 105 Å². The van der Waals surface area contributed by atoms with Gasteiger partial charge in [-0.15, -0.1) is 12.4 Å². The van der Waals surface area contributed by atoms with E-state index >= 15 is 0 Å². The summed E-state index contributed by atoms with van der Waals surface area (Å²) in [5.41, 5.74) is 2.86. The molecule has 158 valence electrons. The van der Waals surface area contributed by atoms with Gasteiger partial charge in [-0.2, -0.15) is 0 Å². The Labute approximate surface area is 178 Å². The summed E-state index contributed by atoms with van der Waals surface area (Å²) in [5.74, 6) is 0.575. The van der Waals surface area contributed by atoms with Gasteiger partial charge in [0, 0.05) is 5.56 Å². The Kier molecular flexibility index (Phi) is 8.79. The lowest BCUT2D eigenvalue weighted by molar-refractivity contribution is 0.0936. The quantitative estimate of drug-likeness (QED) is 0.537. The van der Waals surface area contributed by atoms with E-state index in [2.05, 4.69) is 5.32 Å². The molecule has 3 rings (SSSR count). The lowest BCUT2D eigenvalue weighted by Gasteiger charge is -2.30. The maximum Gasteiger partial charge on any atom is 0.179 e. The lowest BCUT2D eigenvalue weighted by atomic mass is 9.77. The number of hydrogen-bond acceptors (Lipinski definition) is 2. The first-order valence-corrected chi connectivity index (χ1v) is 10.3. The topological polar surface area (TPSA) is 29.1 Å². The average molecular weight is 422 g/mol. The summed E-state index contributed by atoms with van der Waals surface area (Å²) >= 11 is 0. The summed E-state index contributed by atoms with van der Waals surface area (Å²) in [6.07, 6.45) is 5.12. The molecule has 1 saturated carbocycles. The molecule has 1 atom stereocenters. The summed E-state index contributed by atoms with van der Waals surface area (Å²) in [7, 11) is 0. The van der Waals surface area contributed by atoms with Crippen LogP contribution in [0.2, 0.25) is 0 Å². The van der Waals surface area contributed by atoms with Gasteiger partial charge in [-0.25, -0.2) is 8.78 Å². The average Bonchev–Trinajstić information content (AvgIpc) is 2.69. The fourth-order valence-corrected chi connectivity index (χ4v) is 4.32. The van der Waals surface area contributed by atoms with Crippen LogP contribution in [0.4, 0.5) is 8.78 Å². The molecule has 0 radical (unpaired) electrons. The van der Waals surface area contributed by atoms with Gasteiger partial charge >= 0.3 is 0 Å². The molecule has 1 aliphatic rings. The molecule has 0 saturated heterocycles. The molecule has 0 bridgehead atoms. The van der Waals surface area contributed by atoms with E-state index in [1.165, 1.54) is 17.7 Å². The number of nitrogens with one attached hydrogen (secondary N) is 1. The summed E-state index contributed by atoms with van der Waals surface area (Å²) in [6, 6.07) is 10.7. The van der Waals surface area contributed by atoms with E-state index in [-0.39, 0.29) is 35.9 Å². The molecule has 0 aromatic heterocycles. The van der Waals surface area contributed by atoms with Gasteiger partial charge in [0.15, 0.2) is 5.78 Å². The first-order valence-electron chi connectivity index (χ1n) is 10.3. The van der Waals surface area contributed by atoms with Crippen molar-refractivity contribution in [3.8, 4) is 0 Å². The van der Waals surface area contributed by atoms with Crippen molar-refractivity contribution in [1.29, 1.82) is 0 Å². The fourth-order valence-electron chi connectivity index (χ4n) is 4.32. The lowest BCUT2D eigenvalue weighted by Crippen LogP contribution is -2.39. The molecule has 0 spiro atoms. The molecular weight excluding hydrogens is 392 g/mol. The molecule has 2 aromatic carbocycles. The first kappa shape index (κ1) is 23.5. The van der Waals surface area contributed by atoms with Gasteiger partial charge in [-0.3, -0.25) is 4.79 Å². The number of carbonyl (C=O) groups excluding carboxylic acids is 1. The van der Waals surface area contributed by atoms with E-state index in [1.54, 1.807) is 24.3 Å². The van der Waals surface area contributed by atoms with E-state index in [9.17, 15) is 13.6 Å². The number of Topliss-reactive ketones (excluding diaryl/α,β-unsaturated/α-hetero) is 1. The van der Waals surface area contributed by atoms with Crippen LogP contribution in [0.3, 0.4) is 0 Å². The molecule has 29 heavy (non-hydrogen) atoms. The summed E-state index contributed by atoms with van der Waals surface area (Å²) in [5, 5.41) is 3.43. The number of ketones is 1. The highest BCUT2D eigenvalue weighted by Gasteiger charge is 2.25. The summed E-state index contributed by atoms with van der Waals surface area (Å²) in [4.78, 5) is 12.6. The zero-order chi connectivity index (χ0) is 20.1. The Morgan fingerprint density at radius 2 is 1.66 bits per heavy atom. The molecular formula is C24H30ClF2NO. The van der Waals surface area contributed by atoms with Crippen molar-refractivity contribution in [1.82, 2.24) is 5.32 Å². The van der Waals surface area contributed by atoms with Crippen LogP contribution < -0.4 is 5.32 Å². The Balaban J connectivity index is 0.00000300. The fraction of sp³-hybridized carbons (Fsp3) is 0.458. The third kappa shape index (κ3) is 6.10. The SMILES string of the molecule is CCC(NCC1CCC(c2ccc(F)cc2C)CC1)C(=O)c1ccc(F)cc1.Cl. The zero-order valence-corrected chi connectivity index (χ0v) is 17.9. The Bertz CT molecular complexity index is 801. The molecule has 1 aliphatic carbocycles. The normalized spacial score (nSPS) is 20.0. The minimum Gasteiger partial charge on any atom is -0.307 e. The Hall–Kier alpha value is -1.78. The van der Waals surface area contributed by atoms with Gasteiger partial charge in [0.25, 0.3) is 0 Å². The van der Waals surface area contributed by atoms with Crippen molar-refractivity contribution in [3.63, 3.8) is 0 Å². The van der Waals surface area contributed by atoms with Gasteiger partial charge in [0.2, 0.25) is 0 Å². The number of rotatable bonds is 7. The van der Waals surface area contributed by atoms with Crippen molar-refractivity contribution < 1.29 is 13.6 Å². The smallest absolute Gasteiger partial charge is 0.179 e. The molecule has 1 unspecified atom stereocenters. The Morgan fingerprint density at radius 3 is 2.24 bits per heavy atom. The summed E-state index contributed by atoms with van der Waals surface area (Å²) < 4.78 is 26.4. The van der Waals surface area contributed by atoms with Crippen molar-refractivity contribution in [3.05, 3.63) is 70.8 Å². The zero-order valence-electron chi connectivity index (χ0n) is 17.1. The highest BCUT2D eigenvalue weighted by Crippen LogP contribution is 2.37. The first-order chi connectivity index (χ1) is 13.5. The van der Waals surface area contributed by atoms with E-state index in [1.807, 2.05) is 19.9 Å². The maximum atomic E-state index is 13.3. The summed E-state index contributed by atoms with van der Waals surface area (Å²) in [6.45, 7) is 4.80. The molecule has 2 nitrogen and oxygen atoms in total. The van der Waals surface area contributed by atoms with E-state index in [0.29, 0.717) is 23.8 Å². The maximum absolute atomic E-state index is 13.3. The minimum absolute atomic E-state index is 0. The monoisotopic (exact) mass is 421 g/mol. The van der Waals surface area contributed by atoms with Crippen LogP contribution in [-0.4, -0.2) is 18.4 Å². The van der Waals surface area contributed by atoms with Gasteiger partial charge in [0.1, 0.15) is 11.6 Å². The second-order valence-electron chi connectivity index (χ2n) is 7.96.